The lowest BCUT2D eigenvalue weighted by atomic mass is 9.94. The fourth-order valence-corrected chi connectivity index (χ4v) is 2.82. The number of nitrogens with zero attached hydrogens (tertiary/aromatic N) is 1. The minimum Gasteiger partial charge on any atom is -0.478 e. The number of aromatic carboxylic acids is 1. The van der Waals surface area contributed by atoms with Gasteiger partial charge in [-0.3, -0.25) is 4.90 Å². The first-order chi connectivity index (χ1) is 9.20. The molecule has 1 aliphatic heterocycles. The summed E-state index contributed by atoms with van der Waals surface area (Å²) in [5.74, 6) is -0.324. The third-order valence-electron chi connectivity index (χ3n) is 3.78. The second-order valence-electron chi connectivity index (χ2n) is 5.22. The van der Waals surface area contributed by atoms with Crippen molar-refractivity contribution in [1.29, 1.82) is 0 Å². The predicted molar refractivity (Wildman–Crippen MR) is 73.1 cm³/mol. The molecule has 2 N–H and O–H groups in total. The van der Waals surface area contributed by atoms with Gasteiger partial charge >= 0.3 is 5.97 Å². The summed E-state index contributed by atoms with van der Waals surface area (Å²) in [5, 5.41) is 18.2. The van der Waals surface area contributed by atoms with E-state index in [1.165, 1.54) is 0 Å². The number of carboxylic acids is 1. The van der Waals surface area contributed by atoms with Crippen LogP contribution in [-0.2, 0) is 6.54 Å². The number of hydrogen-bond donors (Lipinski definition) is 2. The van der Waals surface area contributed by atoms with Gasteiger partial charge in [0.15, 0.2) is 0 Å². The molecule has 0 saturated carbocycles. The second-order valence-corrected chi connectivity index (χ2v) is 5.22. The highest BCUT2D eigenvalue weighted by atomic mass is 16.4. The third kappa shape index (κ3) is 3.78. The second kappa shape index (κ2) is 6.68. The van der Waals surface area contributed by atoms with Gasteiger partial charge in [0.1, 0.15) is 0 Å². The molecule has 0 aliphatic carbocycles. The van der Waals surface area contributed by atoms with Crippen molar-refractivity contribution in [3.05, 3.63) is 35.4 Å². The molecule has 1 aromatic rings. The molecule has 1 saturated heterocycles. The molecule has 1 heterocycles. The molecule has 1 aromatic carbocycles. The molecular formula is C15H21NO3. The summed E-state index contributed by atoms with van der Waals surface area (Å²) in [7, 11) is 0. The Morgan fingerprint density at radius 2 is 2.16 bits per heavy atom. The van der Waals surface area contributed by atoms with Crippen LogP contribution >= 0.6 is 0 Å². The van der Waals surface area contributed by atoms with E-state index in [9.17, 15) is 9.90 Å². The predicted octanol–water partition coefficient (Wildman–Crippen LogP) is 1.98. The fraction of sp³-hybridized carbons (Fsp3) is 0.533. The van der Waals surface area contributed by atoms with Gasteiger partial charge in [0.25, 0.3) is 0 Å². The van der Waals surface area contributed by atoms with Crippen LogP contribution in [0.25, 0.3) is 0 Å². The van der Waals surface area contributed by atoms with Crippen molar-refractivity contribution in [3.8, 4) is 0 Å². The van der Waals surface area contributed by atoms with Crippen molar-refractivity contribution in [2.24, 2.45) is 5.92 Å². The molecule has 1 aliphatic rings. The smallest absolute Gasteiger partial charge is 0.336 e. The lowest BCUT2D eigenvalue weighted by molar-refractivity contribution is 0.0693. The highest BCUT2D eigenvalue weighted by Crippen LogP contribution is 2.22. The van der Waals surface area contributed by atoms with Gasteiger partial charge in [-0.2, -0.15) is 0 Å². The number of carbonyl (C=O) groups is 1. The summed E-state index contributed by atoms with van der Waals surface area (Å²) in [6, 6.07) is 7.20. The van der Waals surface area contributed by atoms with E-state index in [0.29, 0.717) is 18.0 Å². The fourth-order valence-electron chi connectivity index (χ4n) is 2.82. The first-order valence-corrected chi connectivity index (χ1v) is 6.85. The Balaban J connectivity index is 2.02. The van der Waals surface area contributed by atoms with Crippen LogP contribution in [0.2, 0.25) is 0 Å². The van der Waals surface area contributed by atoms with E-state index in [0.717, 1.165) is 37.9 Å². The molecule has 0 amide bonds. The van der Waals surface area contributed by atoms with E-state index in [4.69, 9.17) is 5.11 Å². The molecule has 0 spiro atoms. The summed E-state index contributed by atoms with van der Waals surface area (Å²) >= 11 is 0. The van der Waals surface area contributed by atoms with Crippen LogP contribution in [-0.4, -0.2) is 40.8 Å². The average molecular weight is 263 g/mol. The van der Waals surface area contributed by atoms with Gasteiger partial charge in [0, 0.05) is 19.7 Å². The molecule has 1 atom stereocenters. The lowest BCUT2D eigenvalue weighted by Gasteiger charge is -2.32. The number of rotatable bonds is 5. The SMILES string of the molecule is O=C(O)c1ccccc1CN1CCCC(CCO)C1. The van der Waals surface area contributed by atoms with Crippen molar-refractivity contribution in [2.45, 2.75) is 25.8 Å². The monoisotopic (exact) mass is 263 g/mol. The van der Waals surface area contributed by atoms with E-state index in [2.05, 4.69) is 4.90 Å². The highest BCUT2D eigenvalue weighted by Gasteiger charge is 2.20. The van der Waals surface area contributed by atoms with Gasteiger partial charge in [-0.1, -0.05) is 18.2 Å². The van der Waals surface area contributed by atoms with Crippen molar-refractivity contribution in [1.82, 2.24) is 4.90 Å². The maximum atomic E-state index is 11.2. The van der Waals surface area contributed by atoms with E-state index in [1.807, 2.05) is 12.1 Å². The van der Waals surface area contributed by atoms with Crippen molar-refractivity contribution >= 4 is 5.97 Å². The summed E-state index contributed by atoms with van der Waals surface area (Å²) in [6.07, 6.45) is 3.13. The van der Waals surface area contributed by atoms with E-state index in [-0.39, 0.29) is 6.61 Å². The molecule has 4 nitrogen and oxygen atoms in total. The number of aliphatic hydroxyl groups excluding tert-OH is 1. The van der Waals surface area contributed by atoms with E-state index >= 15 is 0 Å². The summed E-state index contributed by atoms with van der Waals surface area (Å²) in [6.45, 7) is 2.89. The molecule has 4 heteroatoms. The Morgan fingerprint density at radius 1 is 1.37 bits per heavy atom. The van der Waals surface area contributed by atoms with Crippen molar-refractivity contribution < 1.29 is 15.0 Å². The van der Waals surface area contributed by atoms with Crippen LogP contribution in [0.3, 0.4) is 0 Å². The zero-order valence-electron chi connectivity index (χ0n) is 11.1. The van der Waals surface area contributed by atoms with Crippen LogP contribution in [0, 0.1) is 5.92 Å². The first-order valence-electron chi connectivity index (χ1n) is 6.85. The molecule has 104 valence electrons. The van der Waals surface area contributed by atoms with Gasteiger partial charge in [-0.15, -0.1) is 0 Å². The topological polar surface area (TPSA) is 60.8 Å². The molecule has 1 fully saturated rings. The minimum atomic E-state index is -0.862. The number of hydrogen-bond acceptors (Lipinski definition) is 3. The van der Waals surface area contributed by atoms with Gasteiger partial charge < -0.3 is 10.2 Å². The van der Waals surface area contributed by atoms with Crippen LogP contribution in [0.4, 0.5) is 0 Å². The zero-order chi connectivity index (χ0) is 13.7. The Bertz CT molecular complexity index is 431. The molecule has 1 unspecified atom stereocenters. The molecule has 2 rings (SSSR count). The van der Waals surface area contributed by atoms with Crippen molar-refractivity contribution in [2.75, 3.05) is 19.7 Å². The minimum absolute atomic E-state index is 0.240. The van der Waals surface area contributed by atoms with Crippen LogP contribution in [0.15, 0.2) is 24.3 Å². The molecule has 0 bridgehead atoms. The summed E-state index contributed by atoms with van der Waals surface area (Å²) in [4.78, 5) is 13.5. The highest BCUT2D eigenvalue weighted by molar-refractivity contribution is 5.89. The normalized spacial score (nSPS) is 20.4. The van der Waals surface area contributed by atoms with Gasteiger partial charge in [-0.05, 0) is 43.4 Å². The maximum Gasteiger partial charge on any atom is 0.336 e. The van der Waals surface area contributed by atoms with Gasteiger partial charge in [-0.25, -0.2) is 4.79 Å². The average Bonchev–Trinajstić information content (AvgIpc) is 2.40. The number of benzene rings is 1. The van der Waals surface area contributed by atoms with Crippen LogP contribution in [0.1, 0.15) is 35.2 Å². The van der Waals surface area contributed by atoms with Crippen molar-refractivity contribution in [3.63, 3.8) is 0 Å². The third-order valence-corrected chi connectivity index (χ3v) is 3.78. The van der Waals surface area contributed by atoms with E-state index < -0.39 is 5.97 Å². The van der Waals surface area contributed by atoms with Crippen LogP contribution in [0.5, 0.6) is 0 Å². The standard InChI is InChI=1S/C15H21NO3/c17-9-7-12-4-3-8-16(10-12)11-13-5-1-2-6-14(13)15(18)19/h1-2,5-6,12,17H,3-4,7-11H2,(H,18,19). The number of likely N-dealkylation sites (tertiary alicyclic amines) is 1. The Morgan fingerprint density at radius 3 is 2.89 bits per heavy atom. The summed E-state index contributed by atoms with van der Waals surface area (Å²) in [5.41, 5.74) is 1.27. The van der Waals surface area contributed by atoms with Gasteiger partial charge in [0.2, 0.25) is 0 Å². The molecule has 19 heavy (non-hydrogen) atoms. The van der Waals surface area contributed by atoms with Crippen LogP contribution < -0.4 is 0 Å². The quantitative estimate of drug-likeness (QED) is 0.852. The summed E-state index contributed by atoms with van der Waals surface area (Å²) < 4.78 is 0. The molecular weight excluding hydrogens is 242 g/mol. The lowest BCUT2D eigenvalue weighted by Crippen LogP contribution is -2.35. The first kappa shape index (κ1) is 14.0. The Kier molecular flexibility index (Phi) is 4.93. The number of piperidine rings is 1. The largest absolute Gasteiger partial charge is 0.478 e. The molecule has 0 radical (unpaired) electrons. The molecule has 0 aromatic heterocycles. The van der Waals surface area contributed by atoms with Gasteiger partial charge in [0.05, 0.1) is 5.56 Å². The Hall–Kier alpha value is -1.39. The Labute approximate surface area is 113 Å². The number of carboxylic acid groups (broad SMARTS) is 1. The number of aliphatic hydroxyl groups is 1. The zero-order valence-corrected chi connectivity index (χ0v) is 11.1. The maximum absolute atomic E-state index is 11.2. The van der Waals surface area contributed by atoms with E-state index in [1.54, 1.807) is 12.1 Å².